The largest absolute Gasteiger partial charge is 0.456 e. The standard InChI is InChI=1S/C62H41NO/c1-61(2)52-24-12-8-20-44(52)48-30-28-41(35-56(48)61)63(43-34-50(38-16-4-3-5-17-38)60-51-32-39-18-6-7-19-40(39)33-58(51)64-59(60)37-43)42-29-31-49-47-23-11-15-27-55(47)62(57(49)36-42)53-25-13-9-21-45(53)46-22-10-14-26-54(46)62/h3-37H,1-2H3. The second-order valence-electron chi connectivity index (χ2n) is 18.4. The molecule has 0 saturated carbocycles. The Kier molecular flexibility index (Phi) is 7.13. The summed E-state index contributed by atoms with van der Waals surface area (Å²) < 4.78 is 6.98. The monoisotopic (exact) mass is 815 g/mol. The Morgan fingerprint density at radius 2 is 0.828 bits per heavy atom. The minimum absolute atomic E-state index is 0.172. The second-order valence-corrected chi connectivity index (χ2v) is 18.4. The first-order valence-corrected chi connectivity index (χ1v) is 22.4. The van der Waals surface area contributed by atoms with Gasteiger partial charge in [-0.15, -0.1) is 0 Å². The lowest BCUT2D eigenvalue weighted by Crippen LogP contribution is -2.26. The SMILES string of the molecule is CC1(C)c2ccccc2-c2ccc(N(c3ccc4c(c3)C3(c5ccccc5-c5ccccc53)c3ccccc3-4)c3cc(-c4ccccc4)c4c(c3)oc3cc5ccccc5cc34)cc21. The van der Waals surface area contributed by atoms with Crippen LogP contribution in [0.15, 0.2) is 217 Å². The fourth-order valence-electron chi connectivity index (χ4n) is 12.1. The van der Waals surface area contributed by atoms with Crippen molar-refractivity contribution in [3.63, 3.8) is 0 Å². The van der Waals surface area contributed by atoms with Gasteiger partial charge < -0.3 is 9.32 Å². The Hall–Kier alpha value is -7.94. The van der Waals surface area contributed by atoms with Crippen LogP contribution in [0.1, 0.15) is 47.2 Å². The van der Waals surface area contributed by atoms with E-state index in [2.05, 4.69) is 231 Å². The maximum atomic E-state index is 6.98. The van der Waals surface area contributed by atoms with Gasteiger partial charge in [-0.05, 0) is 131 Å². The number of rotatable bonds is 4. The van der Waals surface area contributed by atoms with Crippen molar-refractivity contribution in [3.8, 4) is 44.5 Å². The molecular weight excluding hydrogens is 775 g/mol. The van der Waals surface area contributed by atoms with E-state index in [0.717, 1.165) is 50.1 Å². The van der Waals surface area contributed by atoms with Crippen molar-refractivity contribution >= 4 is 49.8 Å². The van der Waals surface area contributed by atoms with Gasteiger partial charge in [0.15, 0.2) is 0 Å². The molecule has 1 spiro atoms. The predicted octanol–water partition coefficient (Wildman–Crippen LogP) is 16.5. The van der Waals surface area contributed by atoms with Gasteiger partial charge in [0.1, 0.15) is 11.2 Å². The lowest BCUT2D eigenvalue weighted by Gasteiger charge is -2.32. The highest BCUT2D eigenvalue weighted by atomic mass is 16.3. The van der Waals surface area contributed by atoms with Gasteiger partial charge >= 0.3 is 0 Å². The van der Waals surface area contributed by atoms with Crippen LogP contribution in [0.4, 0.5) is 17.1 Å². The third kappa shape index (κ3) is 4.64. The average molecular weight is 816 g/mol. The van der Waals surface area contributed by atoms with Crippen molar-refractivity contribution in [2.75, 3.05) is 4.90 Å². The molecular formula is C62H41NO. The average Bonchev–Trinajstić information content (AvgIpc) is 4.02. The topological polar surface area (TPSA) is 16.4 Å². The number of hydrogen-bond donors (Lipinski definition) is 0. The molecule has 0 radical (unpaired) electrons. The Labute approximate surface area is 372 Å². The van der Waals surface area contributed by atoms with E-state index >= 15 is 0 Å². The lowest BCUT2D eigenvalue weighted by molar-refractivity contribution is 0.660. The van der Waals surface area contributed by atoms with E-state index in [1.54, 1.807) is 0 Å². The molecule has 3 aliphatic rings. The van der Waals surface area contributed by atoms with Crippen LogP contribution >= 0.6 is 0 Å². The third-order valence-corrected chi connectivity index (χ3v) is 14.8. The fraction of sp³-hybridized carbons (Fsp3) is 0.0645. The summed E-state index contributed by atoms with van der Waals surface area (Å²) in [7, 11) is 0. The van der Waals surface area contributed by atoms with E-state index in [1.165, 1.54) is 77.5 Å². The smallest absolute Gasteiger partial charge is 0.138 e. The normalized spacial score (nSPS) is 14.3. The summed E-state index contributed by atoms with van der Waals surface area (Å²) >= 11 is 0. The Morgan fingerprint density at radius 1 is 0.344 bits per heavy atom. The van der Waals surface area contributed by atoms with Crippen LogP contribution in [-0.4, -0.2) is 0 Å². The van der Waals surface area contributed by atoms with Crippen molar-refractivity contribution in [3.05, 3.63) is 246 Å². The molecule has 0 unspecified atom stereocenters. The molecule has 300 valence electrons. The number of hydrogen-bond acceptors (Lipinski definition) is 2. The van der Waals surface area contributed by atoms with E-state index in [4.69, 9.17) is 4.42 Å². The van der Waals surface area contributed by atoms with Crippen LogP contribution < -0.4 is 4.90 Å². The van der Waals surface area contributed by atoms with Crippen LogP contribution in [0.2, 0.25) is 0 Å². The number of nitrogens with zero attached hydrogens (tertiary/aromatic N) is 1. The van der Waals surface area contributed by atoms with Gasteiger partial charge in [0.05, 0.1) is 11.1 Å². The molecule has 1 heterocycles. The van der Waals surface area contributed by atoms with Gasteiger partial charge in [0, 0.05) is 33.6 Å². The highest BCUT2D eigenvalue weighted by Crippen LogP contribution is 2.63. The minimum Gasteiger partial charge on any atom is -0.456 e. The minimum atomic E-state index is -0.470. The van der Waals surface area contributed by atoms with Crippen LogP contribution in [0.3, 0.4) is 0 Å². The molecule has 0 aliphatic heterocycles. The van der Waals surface area contributed by atoms with Crippen molar-refractivity contribution in [1.82, 2.24) is 0 Å². The quantitative estimate of drug-likeness (QED) is 0.176. The summed E-state index contributed by atoms with van der Waals surface area (Å²) in [6.07, 6.45) is 0. The zero-order valence-electron chi connectivity index (χ0n) is 35.6. The number of anilines is 3. The molecule has 3 aliphatic carbocycles. The molecule has 0 atom stereocenters. The first-order chi connectivity index (χ1) is 31.5. The molecule has 0 fully saturated rings. The fourth-order valence-corrected chi connectivity index (χ4v) is 12.1. The van der Waals surface area contributed by atoms with Crippen molar-refractivity contribution in [1.29, 1.82) is 0 Å². The molecule has 0 saturated heterocycles. The van der Waals surface area contributed by atoms with Crippen molar-refractivity contribution < 1.29 is 4.42 Å². The Bertz CT molecular complexity index is 3710. The molecule has 0 bridgehead atoms. The Balaban J connectivity index is 1.07. The summed E-state index contributed by atoms with van der Waals surface area (Å²) in [5.74, 6) is 0. The number of benzene rings is 10. The van der Waals surface area contributed by atoms with Gasteiger partial charge in [0.2, 0.25) is 0 Å². The van der Waals surface area contributed by atoms with Crippen LogP contribution in [-0.2, 0) is 10.8 Å². The molecule has 1 aromatic heterocycles. The van der Waals surface area contributed by atoms with E-state index < -0.39 is 5.41 Å². The first-order valence-electron chi connectivity index (χ1n) is 22.4. The molecule has 0 N–H and O–H groups in total. The van der Waals surface area contributed by atoms with E-state index in [0.29, 0.717) is 0 Å². The van der Waals surface area contributed by atoms with E-state index in [9.17, 15) is 0 Å². The maximum absolute atomic E-state index is 6.98. The zero-order chi connectivity index (χ0) is 42.3. The number of fused-ring (bicyclic) bond motifs is 17. The molecule has 14 rings (SSSR count). The maximum Gasteiger partial charge on any atom is 0.138 e. The van der Waals surface area contributed by atoms with Crippen molar-refractivity contribution in [2.45, 2.75) is 24.7 Å². The molecule has 64 heavy (non-hydrogen) atoms. The predicted molar refractivity (Wildman–Crippen MR) is 265 cm³/mol. The second kappa shape index (κ2) is 12.8. The van der Waals surface area contributed by atoms with E-state index in [1.807, 2.05) is 0 Å². The third-order valence-electron chi connectivity index (χ3n) is 14.8. The molecule has 2 nitrogen and oxygen atoms in total. The molecule has 10 aromatic carbocycles. The summed E-state index contributed by atoms with van der Waals surface area (Å²) in [5.41, 5.74) is 22.5. The summed E-state index contributed by atoms with van der Waals surface area (Å²) in [6.45, 7) is 4.74. The van der Waals surface area contributed by atoms with Gasteiger partial charge in [0.25, 0.3) is 0 Å². The van der Waals surface area contributed by atoms with Crippen LogP contribution in [0, 0.1) is 0 Å². The number of furan rings is 1. The summed E-state index contributed by atoms with van der Waals surface area (Å²) in [5, 5.41) is 4.62. The van der Waals surface area contributed by atoms with Crippen molar-refractivity contribution in [2.24, 2.45) is 0 Å². The van der Waals surface area contributed by atoms with Crippen LogP contribution in [0.25, 0.3) is 77.2 Å². The van der Waals surface area contributed by atoms with Gasteiger partial charge in [-0.1, -0.05) is 178 Å². The summed E-state index contributed by atoms with van der Waals surface area (Å²) in [4.78, 5) is 2.48. The highest BCUT2D eigenvalue weighted by molar-refractivity contribution is 6.17. The van der Waals surface area contributed by atoms with Gasteiger partial charge in [-0.3, -0.25) is 0 Å². The van der Waals surface area contributed by atoms with Gasteiger partial charge in [-0.25, -0.2) is 0 Å². The van der Waals surface area contributed by atoms with E-state index in [-0.39, 0.29) is 5.41 Å². The van der Waals surface area contributed by atoms with Gasteiger partial charge in [-0.2, -0.15) is 0 Å². The lowest BCUT2D eigenvalue weighted by atomic mass is 9.70. The Morgan fingerprint density at radius 3 is 1.45 bits per heavy atom. The molecule has 2 heteroatoms. The molecule has 11 aromatic rings. The molecule has 0 amide bonds. The highest BCUT2D eigenvalue weighted by Gasteiger charge is 2.51. The first kappa shape index (κ1) is 35.6. The summed E-state index contributed by atoms with van der Waals surface area (Å²) in [6, 6.07) is 79.0. The zero-order valence-corrected chi connectivity index (χ0v) is 35.6. The van der Waals surface area contributed by atoms with Crippen LogP contribution in [0.5, 0.6) is 0 Å².